The maximum absolute atomic E-state index is 4.37. The van der Waals surface area contributed by atoms with Gasteiger partial charge in [-0.3, -0.25) is 0 Å². The quantitative estimate of drug-likeness (QED) is 0.579. The van der Waals surface area contributed by atoms with E-state index in [9.17, 15) is 0 Å². The molecule has 23 heavy (non-hydrogen) atoms. The highest BCUT2D eigenvalue weighted by Crippen LogP contribution is 2.49. The first-order chi connectivity index (χ1) is 11.0. The zero-order chi connectivity index (χ0) is 16.2. The van der Waals surface area contributed by atoms with Crippen molar-refractivity contribution in [1.29, 1.82) is 0 Å². The molecule has 3 aromatic rings. The van der Waals surface area contributed by atoms with Crippen LogP contribution in [0.4, 0.5) is 0 Å². The van der Waals surface area contributed by atoms with Gasteiger partial charge in [0.25, 0.3) is 0 Å². The van der Waals surface area contributed by atoms with Crippen LogP contribution in [0.1, 0.15) is 36.2 Å². The van der Waals surface area contributed by atoms with Gasteiger partial charge in [0.15, 0.2) is 0 Å². The van der Waals surface area contributed by atoms with Gasteiger partial charge in [-0.05, 0) is 46.9 Å². The summed E-state index contributed by atoms with van der Waals surface area (Å²) in [5.74, 6) is 0. The normalized spacial score (nSPS) is 17.9. The highest BCUT2D eigenvalue weighted by Gasteiger charge is 2.36. The Kier molecular flexibility index (Phi) is 2.89. The van der Waals surface area contributed by atoms with Gasteiger partial charge in [0, 0.05) is 22.0 Å². The summed E-state index contributed by atoms with van der Waals surface area (Å²) in [5.41, 5.74) is 8.74. The number of nitrogens with one attached hydrogen (secondary N) is 1. The van der Waals surface area contributed by atoms with Gasteiger partial charge >= 0.3 is 0 Å². The van der Waals surface area contributed by atoms with Gasteiger partial charge in [0.1, 0.15) is 0 Å². The Morgan fingerprint density at radius 3 is 2.43 bits per heavy atom. The van der Waals surface area contributed by atoms with Crippen LogP contribution >= 0.6 is 0 Å². The van der Waals surface area contributed by atoms with Crippen molar-refractivity contribution in [3.8, 4) is 0 Å². The van der Waals surface area contributed by atoms with E-state index >= 15 is 0 Å². The standard InChI is InChI=1S/C22H21N/c1-14-16-9-5-7-11-18(16)22(3,4)19(14)13-21-15(2)17-10-6-8-12-20(17)23-21/h5-13,23H,1H2,2-4H3/b19-13+. The Morgan fingerprint density at radius 1 is 1.00 bits per heavy atom. The van der Waals surface area contributed by atoms with Gasteiger partial charge in [-0.2, -0.15) is 0 Å². The SMILES string of the molecule is C=C1/C(=C\c2[nH]c3ccccc3c2C)C(C)(C)c2ccccc21. The molecule has 1 N–H and O–H groups in total. The van der Waals surface area contributed by atoms with E-state index in [-0.39, 0.29) is 5.41 Å². The lowest BCUT2D eigenvalue weighted by atomic mass is 9.82. The molecule has 0 saturated carbocycles. The van der Waals surface area contributed by atoms with Crippen molar-refractivity contribution in [3.05, 3.63) is 83.1 Å². The summed E-state index contributed by atoms with van der Waals surface area (Å²) in [7, 11) is 0. The number of para-hydroxylation sites is 1. The van der Waals surface area contributed by atoms with Crippen molar-refractivity contribution in [2.45, 2.75) is 26.2 Å². The zero-order valence-electron chi connectivity index (χ0n) is 13.9. The number of fused-ring (bicyclic) bond motifs is 2. The summed E-state index contributed by atoms with van der Waals surface area (Å²) in [6.07, 6.45) is 2.29. The van der Waals surface area contributed by atoms with Crippen molar-refractivity contribution < 1.29 is 0 Å². The van der Waals surface area contributed by atoms with E-state index in [1.807, 2.05) is 0 Å². The van der Waals surface area contributed by atoms with Gasteiger partial charge < -0.3 is 4.98 Å². The van der Waals surface area contributed by atoms with E-state index in [0.29, 0.717) is 0 Å². The van der Waals surface area contributed by atoms with Crippen molar-refractivity contribution in [3.63, 3.8) is 0 Å². The summed E-state index contributed by atoms with van der Waals surface area (Å²) in [6.45, 7) is 11.1. The van der Waals surface area contributed by atoms with Gasteiger partial charge in [0.2, 0.25) is 0 Å². The molecule has 0 unspecified atom stereocenters. The molecule has 0 aliphatic heterocycles. The molecule has 1 aliphatic carbocycles. The van der Waals surface area contributed by atoms with E-state index in [4.69, 9.17) is 0 Å². The smallest absolute Gasteiger partial charge is 0.0461 e. The van der Waals surface area contributed by atoms with Crippen LogP contribution in [0.15, 0.2) is 60.7 Å². The van der Waals surface area contributed by atoms with Crippen molar-refractivity contribution in [1.82, 2.24) is 4.98 Å². The van der Waals surface area contributed by atoms with Crippen LogP contribution in [0.25, 0.3) is 22.6 Å². The third-order valence-corrected chi connectivity index (χ3v) is 5.22. The summed E-state index contributed by atoms with van der Waals surface area (Å²) in [4.78, 5) is 3.56. The number of aryl methyl sites for hydroxylation is 1. The molecule has 0 bridgehead atoms. The molecule has 1 nitrogen and oxygen atoms in total. The van der Waals surface area contributed by atoms with Crippen LogP contribution in [0, 0.1) is 6.92 Å². The Hall–Kier alpha value is -2.54. The molecule has 0 fully saturated rings. The third kappa shape index (κ3) is 1.93. The van der Waals surface area contributed by atoms with Crippen LogP contribution in [-0.2, 0) is 5.41 Å². The fraction of sp³-hybridized carbons (Fsp3) is 0.182. The highest BCUT2D eigenvalue weighted by molar-refractivity contribution is 5.95. The molecule has 1 heteroatoms. The molecule has 0 saturated heterocycles. The van der Waals surface area contributed by atoms with Crippen molar-refractivity contribution in [2.75, 3.05) is 0 Å². The first kappa shape index (κ1) is 14.1. The van der Waals surface area contributed by atoms with E-state index in [2.05, 4.69) is 86.9 Å². The Balaban J connectivity index is 1.92. The summed E-state index contributed by atoms with van der Waals surface area (Å²) in [6, 6.07) is 17.1. The first-order valence-electron chi connectivity index (χ1n) is 8.09. The molecule has 1 heterocycles. The second-order valence-electron chi connectivity index (χ2n) is 6.92. The Morgan fingerprint density at radius 2 is 1.70 bits per heavy atom. The summed E-state index contributed by atoms with van der Waals surface area (Å²) >= 11 is 0. The summed E-state index contributed by atoms with van der Waals surface area (Å²) < 4.78 is 0. The number of hydrogen-bond donors (Lipinski definition) is 1. The average molecular weight is 299 g/mol. The molecular weight excluding hydrogens is 278 g/mol. The molecule has 114 valence electrons. The zero-order valence-corrected chi connectivity index (χ0v) is 13.9. The highest BCUT2D eigenvalue weighted by atomic mass is 14.7. The largest absolute Gasteiger partial charge is 0.355 e. The molecule has 4 rings (SSSR count). The lowest BCUT2D eigenvalue weighted by molar-refractivity contribution is 0.664. The van der Waals surface area contributed by atoms with E-state index in [1.54, 1.807) is 0 Å². The molecule has 0 radical (unpaired) electrons. The lowest BCUT2D eigenvalue weighted by Crippen LogP contribution is -2.15. The Labute approximate surface area is 137 Å². The van der Waals surface area contributed by atoms with E-state index in [0.717, 1.165) is 5.57 Å². The number of H-pyrrole nitrogens is 1. The predicted molar refractivity (Wildman–Crippen MR) is 99.5 cm³/mol. The predicted octanol–water partition coefficient (Wildman–Crippen LogP) is 5.86. The molecule has 0 amide bonds. The van der Waals surface area contributed by atoms with Crippen LogP contribution in [0.2, 0.25) is 0 Å². The molecule has 0 atom stereocenters. The number of aromatic amines is 1. The second kappa shape index (κ2) is 4.73. The summed E-state index contributed by atoms with van der Waals surface area (Å²) in [5, 5.41) is 1.29. The van der Waals surface area contributed by atoms with Crippen LogP contribution in [0.3, 0.4) is 0 Å². The minimum absolute atomic E-state index is 0.0165. The van der Waals surface area contributed by atoms with Crippen molar-refractivity contribution >= 4 is 22.6 Å². The fourth-order valence-electron chi connectivity index (χ4n) is 3.82. The third-order valence-electron chi connectivity index (χ3n) is 5.22. The number of hydrogen-bond acceptors (Lipinski definition) is 0. The number of allylic oxidation sites excluding steroid dienone is 2. The molecule has 2 aromatic carbocycles. The monoisotopic (exact) mass is 299 g/mol. The van der Waals surface area contributed by atoms with Gasteiger partial charge in [0.05, 0.1) is 0 Å². The fourth-order valence-corrected chi connectivity index (χ4v) is 3.82. The maximum Gasteiger partial charge on any atom is 0.0461 e. The van der Waals surface area contributed by atoms with Crippen LogP contribution < -0.4 is 0 Å². The van der Waals surface area contributed by atoms with E-state index < -0.39 is 0 Å². The van der Waals surface area contributed by atoms with Gasteiger partial charge in [-0.1, -0.05) is 62.9 Å². The van der Waals surface area contributed by atoms with Gasteiger partial charge in [-0.25, -0.2) is 0 Å². The molecule has 0 spiro atoms. The van der Waals surface area contributed by atoms with Crippen LogP contribution in [-0.4, -0.2) is 4.98 Å². The molecule has 1 aliphatic rings. The minimum Gasteiger partial charge on any atom is -0.355 e. The number of rotatable bonds is 1. The first-order valence-corrected chi connectivity index (χ1v) is 8.09. The van der Waals surface area contributed by atoms with Crippen molar-refractivity contribution in [2.24, 2.45) is 0 Å². The van der Waals surface area contributed by atoms with E-state index in [1.165, 1.54) is 38.9 Å². The molecule has 1 aromatic heterocycles. The molecular formula is C22H21N. The topological polar surface area (TPSA) is 15.8 Å². The maximum atomic E-state index is 4.37. The average Bonchev–Trinajstić information content (AvgIpc) is 2.97. The Bertz CT molecular complexity index is 967. The number of benzene rings is 2. The minimum atomic E-state index is -0.0165. The second-order valence-corrected chi connectivity index (χ2v) is 6.92. The lowest BCUT2D eigenvalue weighted by Gasteiger charge is -2.22. The van der Waals surface area contributed by atoms with Crippen LogP contribution in [0.5, 0.6) is 0 Å². The van der Waals surface area contributed by atoms with Gasteiger partial charge in [-0.15, -0.1) is 0 Å². The number of aromatic nitrogens is 1.